The number of hydrogen-bond donors (Lipinski definition) is 0. The van der Waals surface area contributed by atoms with Crippen LogP contribution in [-0.4, -0.2) is 7.11 Å². The second kappa shape index (κ2) is 9.27. The lowest BCUT2D eigenvalue weighted by atomic mass is 9.77. The smallest absolute Gasteiger partial charge is 0.119 e. The molecular formula is C24H34O. The fourth-order valence-electron chi connectivity index (χ4n) is 4.44. The van der Waals surface area contributed by atoms with Crippen molar-refractivity contribution in [2.75, 3.05) is 7.11 Å². The van der Waals surface area contributed by atoms with Crippen LogP contribution >= 0.6 is 0 Å². The van der Waals surface area contributed by atoms with Crippen molar-refractivity contribution in [1.82, 2.24) is 0 Å². The first-order chi connectivity index (χ1) is 12.3. The Labute approximate surface area is 153 Å². The van der Waals surface area contributed by atoms with Crippen molar-refractivity contribution in [1.29, 1.82) is 0 Å². The predicted molar refractivity (Wildman–Crippen MR) is 109 cm³/mol. The number of rotatable bonds is 8. The van der Waals surface area contributed by atoms with Gasteiger partial charge in [-0.2, -0.15) is 0 Å². The van der Waals surface area contributed by atoms with E-state index in [2.05, 4.69) is 43.3 Å². The maximum absolute atomic E-state index is 5.33. The summed E-state index contributed by atoms with van der Waals surface area (Å²) in [4.78, 5) is 0. The zero-order chi connectivity index (χ0) is 17.5. The lowest BCUT2D eigenvalue weighted by Crippen LogP contribution is -2.13. The quantitative estimate of drug-likeness (QED) is 0.453. The van der Waals surface area contributed by atoms with E-state index in [1.165, 1.54) is 75.0 Å². The summed E-state index contributed by atoms with van der Waals surface area (Å²) in [6.45, 7) is 2.30. The van der Waals surface area contributed by atoms with E-state index in [0.29, 0.717) is 0 Å². The first-order valence-corrected chi connectivity index (χ1v) is 10.4. The molecule has 0 aromatic heterocycles. The van der Waals surface area contributed by atoms with Crippen LogP contribution in [0.1, 0.15) is 82.6 Å². The van der Waals surface area contributed by atoms with Crippen LogP contribution in [0.15, 0.2) is 36.4 Å². The van der Waals surface area contributed by atoms with Gasteiger partial charge >= 0.3 is 0 Å². The molecule has 0 atom stereocenters. The normalized spacial score (nSPS) is 20.7. The molecule has 0 amide bonds. The van der Waals surface area contributed by atoms with Gasteiger partial charge in [-0.25, -0.2) is 0 Å². The van der Waals surface area contributed by atoms with Gasteiger partial charge in [-0.05, 0) is 66.0 Å². The molecule has 0 spiro atoms. The van der Waals surface area contributed by atoms with Gasteiger partial charge in [-0.3, -0.25) is 0 Å². The highest BCUT2D eigenvalue weighted by Gasteiger charge is 2.22. The molecule has 136 valence electrons. The van der Waals surface area contributed by atoms with Crippen molar-refractivity contribution in [2.45, 2.75) is 77.0 Å². The van der Waals surface area contributed by atoms with Gasteiger partial charge in [-0.15, -0.1) is 0 Å². The Hall–Kier alpha value is -1.50. The molecule has 0 radical (unpaired) electrons. The van der Waals surface area contributed by atoms with Gasteiger partial charge in [0.25, 0.3) is 0 Å². The molecule has 1 nitrogen and oxygen atoms in total. The van der Waals surface area contributed by atoms with Gasteiger partial charge in [0, 0.05) is 0 Å². The van der Waals surface area contributed by atoms with Crippen LogP contribution in [-0.2, 0) is 0 Å². The monoisotopic (exact) mass is 338 g/mol. The summed E-state index contributed by atoms with van der Waals surface area (Å²) in [7, 11) is 1.73. The Balaban J connectivity index is 1.51. The Bertz CT molecular complexity index is 652. The van der Waals surface area contributed by atoms with Crippen LogP contribution in [0.4, 0.5) is 0 Å². The number of hydrogen-bond acceptors (Lipinski definition) is 1. The van der Waals surface area contributed by atoms with E-state index in [-0.39, 0.29) is 0 Å². The number of unbranched alkanes of at least 4 members (excludes halogenated alkanes) is 4. The third-order valence-corrected chi connectivity index (χ3v) is 6.11. The maximum Gasteiger partial charge on any atom is 0.119 e. The average molecular weight is 339 g/mol. The SMILES string of the molecule is CCCCCCCC1CCC(c2ccc3cc(OC)ccc3c2)CC1. The Morgan fingerprint density at radius 3 is 2.32 bits per heavy atom. The highest BCUT2D eigenvalue weighted by Crippen LogP contribution is 2.38. The molecule has 2 aromatic carbocycles. The molecule has 0 bridgehead atoms. The lowest BCUT2D eigenvalue weighted by Gasteiger charge is -2.29. The lowest BCUT2D eigenvalue weighted by molar-refractivity contribution is 0.302. The second-order valence-electron chi connectivity index (χ2n) is 7.89. The van der Waals surface area contributed by atoms with Gasteiger partial charge in [-0.1, -0.05) is 69.7 Å². The van der Waals surface area contributed by atoms with Gasteiger partial charge in [0.15, 0.2) is 0 Å². The standard InChI is InChI=1S/C24H34O/c1-3-4-5-6-7-8-19-9-11-20(12-10-19)21-13-14-23-18-24(25-2)16-15-22(23)17-21/h13-20H,3-12H2,1-2H3. The molecule has 2 aromatic rings. The molecule has 1 fully saturated rings. The Kier molecular flexibility index (Phi) is 6.78. The van der Waals surface area contributed by atoms with Gasteiger partial charge < -0.3 is 4.74 Å². The first kappa shape index (κ1) is 18.3. The van der Waals surface area contributed by atoms with E-state index >= 15 is 0 Å². The first-order valence-electron chi connectivity index (χ1n) is 10.4. The molecule has 0 unspecified atom stereocenters. The van der Waals surface area contributed by atoms with Crippen molar-refractivity contribution >= 4 is 10.8 Å². The van der Waals surface area contributed by atoms with Gasteiger partial charge in [0.05, 0.1) is 7.11 Å². The van der Waals surface area contributed by atoms with E-state index in [9.17, 15) is 0 Å². The highest BCUT2D eigenvalue weighted by atomic mass is 16.5. The minimum Gasteiger partial charge on any atom is -0.497 e. The molecule has 0 saturated heterocycles. The van der Waals surface area contributed by atoms with E-state index in [1.807, 2.05) is 0 Å². The summed E-state index contributed by atoms with van der Waals surface area (Å²) < 4.78 is 5.33. The molecule has 1 aliphatic carbocycles. The molecule has 0 aliphatic heterocycles. The predicted octanol–water partition coefficient (Wildman–Crippen LogP) is 7.48. The zero-order valence-corrected chi connectivity index (χ0v) is 16.1. The molecule has 0 heterocycles. The average Bonchev–Trinajstić information content (AvgIpc) is 2.67. The highest BCUT2D eigenvalue weighted by molar-refractivity contribution is 5.84. The topological polar surface area (TPSA) is 9.23 Å². The van der Waals surface area contributed by atoms with Crippen LogP contribution in [0.2, 0.25) is 0 Å². The molecule has 3 rings (SSSR count). The number of benzene rings is 2. The van der Waals surface area contributed by atoms with E-state index in [1.54, 1.807) is 12.7 Å². The third-order valence-electron chi connectivity index (χ3n) is 6.11. The summed E-state index contributed by atoms with van der Waals surface area (Å²) in [5.41, 5.74) is 1.54. The molecular weight excluding hydrogens is 304 g/mol. The van der Waals surface area contributed by atoms with Crippen LogP contribution in [0.3, 0.4) is 0 Å². The molecule has 1 aliphatic rings. The number of methoxy groups -OCH3 is 1. The summed E-state index contributed by atoms with van der Waals surface area (Å²) in [5.74, 6) is 2.70. The van der Waals surface area contributed by atoms with E-state index in [4.69, 9.17) is 4.74 Å². The van der Waals surface area contributed by atoms with E-state index < -0.39 is 0 Å². The zero-order valence-electron chi connectivity index (χ0n) is 16.1. The van der Waals surface area contributed by atoms with Crippen molar-refractivity contribution in [2.24, 2.45) is 5.92 Å². The van der Waals surface area contributed by atoms with Crippen molar-refractivity contribution < 1.29 is 4.74 Å². The summed E-state index contributed by atoms with van der Waals surface area (Å²) in [5, 5.41) is 2.63. The maximum atomic E-state index is 5.33. The minimum absolute atomic E-state index is 0.767. The van der Waals surface area contributed by atoms with Crippen LogP contribution in [0.5, 0.6) is 5.75 Å². The van der Waals surface area contributed by atoms with Gasteiger partial charge in [0.2, 0.25) is 0 Å². The molecule has 0 N–H and O–H groups in total. The van der Waals surface area contributed by atoms with Crippen LogP contribution in [0, 0.1) is 5.92 Å². The molecule has 25 heavy (non-hydrogen) atoms. The van der Waals surface area contributed by atoms with Crippen molar-refractivity contribution in [3.8, 4) is 5.75 Å². The van der Waals surface area contributed by atoms with Crippen molar-refractivity contribution in [3.63, 3.8) is 0 Å². The van der Waals surface area contributed by atoms with E-state index in [0.717, 1.165) is 17.6 Å². The molecule has 1 heteroatoms. The number of ether oxygens (including phenoxy) is 1. The minimum atomic E-state index is 0.767. The fraction of sp³-hybridized carbons (Fsp3) is 0.583. The fourth-order valence-corrected chi connectivity index (χ4v) is 4.44. The summed E-state index contributed by atoms with van der Waals surface area (Å²) in [6, 6.07) is 13.4. The number of fused-ring (bicyclic) bond motifs is 1. The Morgan fingerprint density at radius 2 is 1.56 bits per heavy atom. The van der Waals surface area contributed by atoms with Crippen molar-refractivity contribution in [3.05, 3.63) is 42.0 Å². The van der Waals surface area contributed by atoms with Gasteiger partial charge in [0.1, 0.15) is 5.75 Å². The largest absolute Gasteiger partial charge is 0.497 e. The van der Waals surface area contributed by atoms with Crippen LogP contribution in [0.25, 0.3) is 10.8 Å². The summed E-state index contributed by atoms with van der Waals surface area (Å²) in [6.07, 6.45) is 14.2. The molecule has 1 saturated carbocycles. The second-order valence-corrected chi connectivity index (χ2v) is 7.89. The third kappa shape index (κ3) is 5.00. The Morgan fingerprint density at radius 1 is 0.840 bits per heavy atom. The van der Waals surface area contributed by atoms with Crippen LogP contribution < -0.4 is 4.74 Å². The summed E-state index contributed by atoms with van der Waals surface area (Å²) >= 11 is 0.